The molecule has 0 bridgehead atoms. The summed E-state index contributed by atoms with van der Waals surface area (Å²) in [7, 11) is 0. The Kier molecular flexibility index (Phi) is 3.20. The third kappa shape index (κ3) is 2.56. The van der Waals surface area contributed by atoms with E-state index in [1.54, 1.807) is 12.1 Å². The normalized spacial score (nSPS) is 20.1. The van der Waals surface area contributed by atoms with Crippen LogP contribution < -0.4 is 5.32 Å². The van der Waals surface area contributed by atoms with Crippen molar-refractivity contribution in [2.24, 2.45) is 5.41 Å². The molecule has 0 spiro atoms. The lowest BCUT2D eigenvalue weighted by atomic mass is 9.70. The van der Waals surface area contributed by atoms with Gasteiger partial charge < -0.3 is 10.4 Å². The predicted octanol–water partition coefficient (Wildman–Crippen LogP) is 3.23. The lowest BCUT2D eigenvalue weighted by Gasteiger charge is -2.39. The van der Waals surface area contributed by atoms with E-state index in [-0.39, 0.29) is 0 Å². The van der Waals surface area contributed by atoms with E-state index in [1.165, 1.54) is 24.8 Å². The molecule has 1 aliphatic rings. The molecule has 0 amide bonds. The highest BCUT2D eigenvalue weighted by Crippen LogP contribution is 2.39. The maximum absolute atomic E-state index is 9.22. The predicted molar refractivity (Wildman–Crippen MR) is 66.5 cm³/mol. The van der Waals surface area contributed by atoms with E-state index in [1.807, 2.05) is 12.1 Å². The molecule has 1 atom stereocenters. The van der Waals surface area contributed by atoms with E-state index in [0.717, 1.165) is 6.54 Å². The first-order valence-electron chi connectivity index (χ1n) is 6.11. The largest absolute Gasteiger partial charge is 0.508 e. The second kappa shape index (κ2) is 4.46. The summed E-state index contributed by atoms with van der Waals surface area (Å²) >= 11 is 0. The lowest BCUT2D eigenvalue weighted by molar-refractivity contribution is 0.152. The van der Waals surface area contributed by atoms with E-state index in [0.29, 0.717) is 17.2 Å². The second-order valence-electron chi connectivity index (χ2n) is 5.36. The van der Waals surface area contributed by atoms with Gasteiger partial charge in [-0.2, -0.15) is 0 Å². The summed E-state index contributed by atoms with van der Waals surface area (Å²) in [4.78, 5) is 0. The maximum Gasteiger partial charge on any atom is 0.115 e. The fourth-order valence-corrected chi connectivity index (χ4v) is 2.24. The van der Waals surface area contributed by atoms with Crippen molar-refractivity contribution in [1.82, 2.24) is 5.32 Å². The molecule has 0 aliphatic heterocycles. The number of aromatic hydroxyl groups is 1. The fourth-order valence-electron chi connectivity index (χ4n) is 2.24. The molecule has 1 aliphatic carbocycles. The summed E-state index contributed by atoms with van der Waals surface area (Å²) in [5.41, 5.74) is 1.76. The molecule has 88 valence electrons. The van der Waals surface area contributed by atoms with Crippen molar-refractivity contribution in [3.8, 4) is 5.75 Å². The molecule has 2 heteroatoms. The monoisotopic (exact) mass is 219 g/mol. The van der Waals surface area contributed by atoms with E-state index >= 15 is 0 Å². The van der Waals surface area contributed by atoms with E-state index in [9.17, 15) is 5.11 Å². The number of hydrogen-bond acceptors (Lipinski definition) is 2. The van der Waals surface area contributed by atoms with Gasteiger partial charge in [0.15, 0.2) is 0 Å². The molecule has 1 aromatic carbocycles. The summed E-state index contributed by atoms with van der Waals surface area (Å²) in [5.74, 6) is 0.335. The van der Waals surface area contributed by atoms with Crippen LogP contribution >= 0.6 is 0 Å². The maximum atomic E-state index is 9.22. The zero-order valence-corrected chi connectivity index (χ0v) is 10.2. The van der Waals surface area contributed by atoms with Gasteiger partial charge in [-0.1, -0.05) is 25.5 Å². The Hall–Kier alpha value is -1.02. The number of phenols is 1. The van der Waals surface area contributed by atoms with E-state index in [4.69, 9.17) is 0 Å². The van der Waals surface area contributed by atoms with Crippen LogP contribution in [0.25, 0.3) is 0 Å². The highest BCUT2D eigenvalue weighted by Gasteiger charge is 2.31. The summed E-state index contributed by atoms with van der Waals surface area (Å²) in [6, 6.07) is 7.82. The molecule has 0 aromatic heterocycles. The van der Waals surface area contributed by atoms with Crippen LogP contribution in [0.1, 0.15) is 44.7 Å². The summed E-state index contributed by atoms with van der Waals surface area (Å²) in [6.45, 7) is 5.62. The van der Waals surface area contributed by atoms with Gasteiger partial charge in [-0.3, -0.25) is 0 Å². The van der Waals surface area contributed by atoms with Crippen LogP contribution in [0.4, 0.5) is 0 Å². The smallest absolute Gasteiger partial charge is 0.115 e. The van der Waals surface area contributed by atoms with Crippen molar-refractivity contribution in [3.05, 3.63) is 29.8 Å². The van der Waals surface area contributed by atoms with Crippen molar-refractivity contribution in [2.45, 2.75) is 39.2 Å². The summed E-state index contributed by atoms with van der Waals surface area (Å²) in [5, 5.41) is 12.8. The van der Waals surface area contributed by atoms with E-state index < -0.39 is 0 Å². The van der Waals surface area contributed by atoms with Crippen LogP contribution in [-0.4, -0.2) is 11.7 Å². The number of benzene rings is 1. The molecule has 0 heterocycles. The molecular formula is C14H21NO. The standard InChI is InChI=1S/C14H21NO/c1-11(12-4-6-13(16)7-5-12)15-10-14(2)8-3-9-14/h4-7,11,15-16H,3,8-10H2,1-2H3. The molecule has 2 nitrogen and oxygen atoms in total. The molecular weight excluding hydrogens is 198 g/mol. The Morgan fingerprint density at radius 2 is 1.94 bits per heavy atom. The van der Waals surface area contributed by atoms with Crippen molar-refractivity contribution >= 4 is 0 Å². The Balaban J connectivity index is 1.87. The number of nitrogens with one attached hydrogen (secondary N) is 1. The van der Waals surface area contributed by atoms with Crippen LogP contribution in [-0.2, 0) is 0 Å². The molecule has 16 heavy (non-hydrogen) atoms. The number of rotatable bonds is 4. The number of phenolic OH excluding ortho intramolecular Hbond substituents is 1. The van der Waals surface area contributed by atoms with Crippen molar-refractivity contribution in [2.75, 3.05) is 6.54 Å². The minimum absolute atomic E-state index is 0.335. The zero-order valence-electron chi connectivity index (χ0n) is 10.2. The van der Waals surface area contributed by atoms with Gasteiger partial charge in [-0.15, -0.1) is 0 Å². The quantitative estimate of drug-likeness (QED) is 0.815. The zero-order chi connectivity index (χ0) is 11.6. The number of hydrogen-bond donors (Lipinski definition) is 2. The first kappa shape index (κ1) is 11.5. The SMILES string of the molecule is CC(NCC1(C)CCC1)c1ccc(O)cc1. The molecule has 1 fully saturated rings. The van der Waals surface area contributed by atoms with Crippen LogP contribution in [0.3, 0.4) is 0 Å². The van der Waals surface area contributed by atoms with Crippen LogP contribution in [0.5, 0.6) is 5.75 Å². The van der Waals surface area contributed by atoms with Crippen LogP contribution in [0, 0.1) is 5.41 Å². The van der Waals surface area contributed by atoms with Gasteiger partial charge in [0, 0.05) is 12.6 Å². The third-order valence-electron chi connectivity index (χ3n) is 3.79. The lowest BCUT2D eigenvalue weighted by Crippen LogP contribution is -2.38. The van der Waals surface area contributed by atoms with E-state index in [2.05, 4.69) is 19.2 Å². The minimum Gasteiger partial charge on any atom is -0.508 e. The summed E-state index contributed by atoms with van der Waals surface area (Å²) in [6.07, 6.45) is 4.08. The molecule has 1 unspecified atom stereocenters. The van der Waals surface area contributed by atoms with Gasteiger partial charge in [0.2, 0.25) is 0 Å². The Labute approximate surface area is 97.7 Å². The fraction of sp³-hybridized carbons (Fsp3) is 0.571. The Bertz CT molecular complexity index is 340. The third-order valence-corrected chi connectivity index (χ3v) is 3.79. The first-order valence-corrected chi connectivity index (χ1v) is 6.11. The second-order valence-corrected chi connectivity index (χ2v) is 5.36. The first-order chi connectivity index (χ1) is 7.59. The van der Waals surface area contributed by atoms with Gasteiger partial charge in [0.05, 0.1) is 0 Å². The van der Waals surface area contributed by atoms with Gasteiger partial charge in [-0.25, -0.2) is 0 Å². The van der Waals surface area contributed by atoms with Gasteiger partial charge in [0.25, 0.3) is 0 Å². The Morgan fingerprint density at radius 1 is 1.31 bits per heavy atom. The molecule has 2 N–H and O–H groups in total. The van der Waals surface area contributed by atoms with Crippen LogP contribution in [0.2, 0.25) is 0 Å². The molecule has 1 saturated carbocycles. The van der Waals surface area contributed by atoms with Gasteiger partial charge in [0.1, 0.15) is 5.75 Å². The van der Waals surface area contributed by atoms with Gasteiger partial charge >= 0.3 is 0 Å². The molecule has 2 rings (SSSR count). The Morgan fingerprint density at radius 3 is 2.44 bits per heavy atom. The highest BCUT2D eigenvalue weighted by atomic mass is 16.3. The summed E-state index contributed by atoms with van der Waals surface area (Å²) < 4.78 is 0. The van der Waals surface area contributed by atoms with Gasteiger partial charge in [-0.05, 0) is 42.9 Å². The minimum atomic E-state index is 0.335. The molecule has 0 saturated heterocycles. The topological polar surface area (TPSA) is 32.3 Å². The van der Waals surface area contributed by atoms with Crippen molar-refractivity contribution < 1.29 is 5.11 Å². The van der Waals surface area contributed by atoms with Crippen LogP contribution in [0.15, 0.2) is 24.3 Å². The van der Waals surface area contributed by atoms with Crippen molar-refractivity contribution in [1.29, 1.82) is 0 Å². The van der Waals surface area contributed by atoms with Crippen molar-refractivity contribution in [3.63, 3.8) is 0 Å². The molecule has 0 radical (unpaired) electrons. The average molecular weight is 219 g/mol. The average Bonchev–Trinajstić information content (AvgIpc) is 2.24. The highest BCUT2D eigenvalue weighted by molar-refractivity contribution is 5.27. The molecule has 1 aromatic rings.